The first kappa shape index (κ1) is 15.3. The molecule has 0 bridgehead atoms. The van der Waals surface area contributed by atoms with Crippen LogP contribution in [0.1, 0.15) is 5.76 Å². The van der Waals surface area contributed by atoms with Crippen LogP contribution < -0.4 is 14.8 Å². The number of benzene rings is 1. The van der Waals surface area contributed by atoms with E-state index in [9.17, 15) is 4.79 Å². The highest BCUT2D eigenvalue weighted by Crippen LogP contribution is 2.29. The van der Waals surface area contributed by atoms with Crippen LogP contribution in [0.5, 0.6) is 11.5 Å². The maximum absolute atomic E-state index is 11.9. The van der Waals surface area contributed by atoms with Crippen molar-refractivity contribution in [2.24, 2.45) is 0 Å². The van der Waals surface area contributed by atoms with Gasteiger partial charge in [0.1, 0.15) is 17.3 Å². The maximum atomic E-state index is 11.9. The van der Waals surface area contributed by atoms with Crippen molar-refractivity contribution in [1.29, 1.82) is 0 Å². The van der Waals surface area contributed by atoms with E-state index < -0.39 is 0 Å². The molecular weight excluding hydrogens is 290 g/mol. The normalized spacial score (nSPS) is 10.2. The smallest absolute Gasteiger partial charge is 0.234 e. The molecule has 0 aliphatic rings. The standard InChI is InChI=1S/C15H17NO4S/c1-18-11-5-6-14(19-2)13(8-11)16-15(17)10-21-9-12-4-3-7-20-12/h3-8H,9-10H2,1-2H3,(H,16,17). The Morgan fingerprint density at radius 3 is 2.81 bits per heavy atom. The van der Waals surface area contributed by atoms with Crippen molar-refractivity contribution in [3.8, 4) is 11.5 Å². The number of hydrogen-bond donors (Lipinski definition) is 1. The van der Waals surface area contributed by atoms with Crippen LogP contribution in [0.3, 0.4) is 0 Å². The Bertz CT molecular complexity index is 583. The molecule has 112 valence electrons. The zero-order valence-electron chi connectivity index (χ0n) is 11.9. The molecule has 0 aliphatic heterocycles. The molecule has 0 saturated heterocycles. The Hall–Kier alpha value is -2.08. The second-order valence-corrected chi connectivity index (χ2v) is 5.17. The number of carbonyl (C=O) groups is 1. The summed E-state index contributed by atoms with van der Waals surface area (Å²) >= 11 is 1.48. The fourth-order valence-electron chi connectivity index (χ4n) is 1.74. The van der Waals surface area contributed by atoms with Crippen molar-refractivity contribution < 1.29 is 18.7 Å². The van der Waals surface area contributed by atoms with Gasteiger partial charge in [0.15, 0.2) is 0 Å². The molecule has 0 radical (unpaired) electrons. The van der Waals surface area contributed by atoms with Crippen LogP contribution in [-0.2, 0) is 10.5 Å². The van der Waals surface area contributed by atoms with Gasteiger partial charge in [-0.15, -0.1) is 11.8 Å². The van der Waals surface area contributed by atoms with Crippen LogP contribution >= 0.6 is 11.8 Å². The lowest BCUT2D eigenvalue weighted by Crippen LogP contribution is -2.14. The number of methoxy groups -OCH3 is 2. The predicted molar refractivity (Wildman–Crippen MR) is 83.0 cm³/mol. The molecule has 2 rings (SSSR count). The predicted octanol–water partition coefficient (Wildman–Crippen LogP) is 3.17. The summed E-state index contributed by atoms with van der Waals surface area (Å²) in [6.45, 7) is 0. The SMILES string of the molecule is COc1ccc(OC)c(NC(=O)CSCc2ccco2)c1. The van der Waals surface area contributed by atoms with E-state index in [1.54, 1.807) is 38.7 Å². The number of thioether (sulfide) groups is 1. The number of ether oxygens (including phenoxy) is 2. The Kier molecular flexibility index (Phi) is 5.57. The van der Waals surface area contributed by atoms with Crippen molar-refractivity contribution >= 4 is 23.4 Å². The third-order valence-electron chi connectivity index (χ3n) is 2.74. The zero-order chi connectivity index (χ0) is 15.1. The highest BCUT2D eigenvalue weighted by atomic mass is 32.2. The highest BCUT2D eigenvalue weighted by Gasteiger charge is 2.09. The van der Waals surface area contributed by atoms with E-state index >= 15 is 0 Å². The molecule has 0 aliphatic carbocycles. The van der Waals surface area contributed by atoms with Gasteiger partial charge in [0.2, 0.25) is 5.91 Å². The zero-order valence-corrected chi connectivity index (χ0v) is 12.7. The van der Waals surface area contributed by atoms with Gasteiger partial charge in [0.05, 0.1) is 37.7 Å². The lowest BCUT2D eigenvalue weighted by atomic mass is 10.2. The minimum atomic E-state index is -0.0990. The van der Waals surface area contributed by atoms with E-state index in [4.69, 9.17) is 13.9 Å². The van der Waals surface area contributed by atoms with Gasteiger partial charge in [-0.1, -0.05) is 0 Å². The first-order valence-corrected chi connectivity index (χ1v) is 7.50. The van der Waals surface area contributed by atoms with Gasteiger partial charge in [0.25, 0.3) is 0 Å². The van der Waals surface area contributed by atoms with Crippen LogP contribution in [-0.4, -0.2) is 25.9 Å². The van der Waals surface area contributed by atoms with E-state index in [1.165, 1.54) is 11.8 Å². The van der Waals surface area contributed by atoms with Crippen LogP contribution in [0.2, 0.25) is 0 Å². The van der Waals surface area contributed by atoms with Crippen molar-refractivity contribution in [3.05, 3.63) is 42.4 Å². The van der Waals surface area contributed by atoms with E-state index in [-0.39, 0.29) is 5.91 Å². The lowest BCUT2D eigenvalue weighted by molar-refractivity contribution is -0.113. The Balaban J connectivity index is 1.89. The molecule has 21 heavy (non-hydrogen) atoms. The molecule has 1 aromatic carbocycles. The second kappa shape index (κ2) is 7.64. The monoisotopic (exact) mass is 307 g/mol. The molecule has 1 amide bonds. The van der Waals surface area contributed by atoms with Gasteiger partial charge in [0, 0.05) is 6.07 Å². The average molecular weight is 307 g/mol. The number of carbonyl (C=O) groups excluding carboxylic acids is 1. The van der Waals surface area contributed by atoms with Crippen LogP contribution in [0.25, 0.3) is 0 Å². The second-order valence-electron chi connectivity index (χ2n) is 4.19. The third kappa shape index (κ3) is 4.46. The maximum Gasteiger partial charge on any atom is 0.234 e. The van der Waals surface area contributed by atoms with Crippen LogP contribution in [0.15, 0.2) is 41.0 Å². The largest absolute Gasteiger partial charge is 0.497 e. The third-order valence-corrected chi connectivity index (χ3v) is 3.69. The number of hydrogen-bond acceptors (Lipinski definition) is 5. The number of rotatable bonds is 7. The number of furan rings is 1. The molecule has 5 nitrogen and oxygen atoms in total. The van der Waals surface area contributed by atoms with E-state index in [2.05, 4.69) is 5.32 Å². The van der Waals surface area contributed by atoms with Crippen molar-refractivity contribution in [1.82, 2.24) is 0 Å². The van der Waals surface area contributed by atoms with Crippen LogP contribution in [0, 0.1) is 0 Å². The summed E-state index contributed by atoms with van der Waals surface area (Å²) in [6.07, 6.45) is 1.62. The fraction of sp³-hybridized carbons (Fsp3) is 0.267. The van der Waals surface area contributed by atoms with E-state index in [1.807, 2.05) is 12.1 Å². The summed E-state index contributed by atoms with van der Waals surface area (Å²) in [4.78, 5) is 11.9. The van der Waals surface area contributed by atoms with E-state index in [0.29, 0.717) is 28.7 Å². The van der Waals surface area contributed by atoms with Gasteiger partial charge >= 0.3 is 0 Å². The van der Waals surface area contributed by atoms with Gasteiger partial charge in [-0.3, -0.25) is 4.79 Å². The summed E-state index contributed by atoms with van der Waals surface area (Å²) in [7, 11) is 3.13. The van der Waals surface area contributed by atoms with Crippen LogP contribution in [0.4, 0.5) is 5.69 Å². The fourth-order valence-corrected chi connectivity index (χ4v) is 2.46. The first-order chi connectivity index (χ1) is 10.2. The Morgan fingerprint density at radius 1 is 1.29 bits per heavy atom. The highest BCUT2D eigenvalue weighted by molar-refractivity contribution is 7.99. The molecule has 1 N–H and O–H groups in total. The minimum Gasteiger partial charge on any atom is -0.497 e. The molecule has 0 spiro atoms. The molecule has 2 aromatic rings. The van der Waals surface area contributed by atoms with Crippen molar-refractivity contribution in [2.75, 3.05) is 25.3 Å². The molecule has 0 unspecified atom stereocenters. The summed E-state index contributed by atoms with van der Waals surface area (Å²) < 4.78 is 15.6. The topological polar surface area (TPSA) is 60.7 Å². The molecule has 0 fully saturated rings. The summed E-state index contributed by atoms with van der Waals surface area (Å²) in [6, 6.07) is 8.98. The molecular formula is C15H17NO4S. The van der Waals surface area contributed by atoms with E-state index in [0.717, 1.165) is 5.76 Å². The summed E-state index contributed by atoms with van der Waals surface area (Å²) in [5.74, 6) is 3.01. The molecule has 0 saturated carbocycles. The number of anilines is 1. The molecule has 1 heterocycles. The average Bonchev–Trinajstić information content (AvgIpc) is 3.00. The van der Waals surface area contributed by atoms with Crippen molar-refractivity contribution in [3.63, 3.8) is 0 Å². The van der Waals surface area contributed by atoms with Crippen molar-refractivity contribution in [2.45, 2.75) is 5.75 Å². The Labute approximate surface area is 127 Å². The van der Waals surface area contributed by atoms with Gasteiger partial charge in [-0.05, 0) is 24.3 Å². The first-order valence-electron chi connectivity index (χ1n) is 6.35. The quantitative estimate of drug-likeness (QED) is 0.851. The van der Waals surface area contributed by atoms with Gasteiger partial charge < -0.3 is 19.2 Å². The molecule has 0 atom stereocenters. The Morgan fingerprint density at radius 2 is 2.14 bits per heavy atom. The van der Waals surface area contributed by atoms with Gasteiger partial charge in [-0.25, -0.2) is 0 Å². The number of amides is 1. The summed E-state index contributed by atoms with van der Waals surface area (Å²) in [5.41, 5.74) is 0.598. The van der Waals surface area contributed by atoms with Gasteiger partial charge in [-0.2, -0.15) is 0 Å². The summed E-state index contributed by atoms with van der Waals surface area (Å²) in [5, 5.41) is 2.82. The molecule has 6 heteroatoms. The molecule has 1 aromatic heterocycles. The minimum absolute atomic E-state index is 0.0990. The number of nitrogens with one attached hydrogen (secondary N) is 1. The lowest BCUT2D eigenvalue weighted by Gasteiger charge is -2.11.